The molecule has 1 aromatic heterocycles. The number of rotatable bonds is 8. The topological polar surface area (TPSA) is 103 Å². The molecule has 0 aliphatic heterocycles. The zero-order chi connectivity index (χ0) is 24.0. The number of carbonyl (C=O) groups is 3. The molecule has 9 heteroatoms. The Bertz CT molecular complexity index is 1170. The van der Waals surface area contributed by atoms with E-state index in [-0.39, 0.29) is 15.4 Å². The Kier molecular flexibility index (Phi) is 7.68. The molecule has 0 fully saturated rings. The quantitative estimate of drug-likeness (QED) is 0.462. The van der Waals surface area contributed by atoms with Crippen molar-refractivity contribution in [1.29, 1.82) is 0 Å². The molecule has 0 atom stereocenters. The lowest BCUT2D eigenvalue weighted by atomic mass is 10.1. The van der Waals surface area contributed by atoms with Crippen LogP contribution in [0.15, 0.2) is 48.5 Å². The van der Waals surface area contributed by atoms with Crippen molar-refractivity contribution in [3.05, 3.63) is 70.1 Å². The van der Waals surface area contributed by atoms with Crippen LogP contribution in [0.5, 0.6) is 11.5 Å². The molecule has 0 saturated heterocycles. The summed E-state index contributed by atoms with van der Waals surface area (Å²) in [7, 11) is 2.75. The van der Waals surface area contributed by atoms with E-state index in [1.54, 1.807) is 55.5 Å². The van der Waals surface area contributed by atoms with E-state index in [2.05, 4.69) is 10.6 Å². The third-order valence-electron chi connectivity index (χ3n) is 4.72. The van der Waals surface area contributed by atoms with Crippen molar-refractivity contribution >= 4 is 39.8 Å². The summed E-state index contributed by atoms with van der Waals surface area (Å²) < 4.78 is 15.4. The highest BCUT2D eigenvalue weighted by atomic mass is 32.1. The predicted molar refractivity (Wildman–Crippen MR) is 127 cm³/mol. The van der Waals surface area contributed by atoms with E-state index < -0.39 is 17.8 Å². The summed E-state index contributed by atoms with van der Waals surface area (Å²) in [6.07, 6.45) is 0. The third kappa shape index (κ3) is 5.50. The lowest BCUT2D eigenvalue weighted by Gasteiger charge is -2.07. The molecule has 2 aromatic carbocycles. The molecule has 0 aliphatic rings. The molecule has 33 heavy (non-hydrogen) atoms. The minimum Gasteiger partial charge on any atom is -0.497 e. The van der Waals surface area contributed by atoms with Crippen molar-refractivity contribution in [2.75, 3.05) is 31.5 Å². The van der Waals surface area contributed by atoms with Crippen LogP contribution in [0.3, 0.4) is 0 Å². The van der Waals surface area contributed by atoms with Gasteiger partial charge in [0.05, 0.1) is 31.3 Å². The maximum absolute atomic E-state index is 12.9. The summed E-state index contributed by atoms with van der Waals surface area (Å²) in [5.74, 6) is -0.288. The Hall–Kier alpha value is -3.85. The average Bonchev–Trinajstić information content (AvgIpc) is 3.15. The number of esters is 1. The number of benzene rings is 2. The molecule has 3 aromatic rings. The van der Waals surface area contributed by atoms with Crippen LogP contribution in [0.25, 0.3) is 0 Å². The highest BCUT2D eigenvalue weighted by molar-refractivity contribution is 7.19. The number of carbonyl (C=O) groups excluding carboxylic acids is 3. The summed E-state index contributed by atoms with van der Waals surface area (Å²) in [5, 5.41) is 5.75. The molecule has 0 spiro atoms. The van der Waals surface area contributed by atoms with Gasteiger partial charge in [-0.15, -0.1) is 11.3 Å². The maximum Gasteiger partial charge on any atom is 0.341 e. The summed E-state index contributed by atoms with van der Waals surface area (Å²) in [6, 6.07) is 13.5. The summed E-state index contributed by atoms with van der Waals surface area (Å²) >= 11 is 1.00. The van der Waals surface area contributed by atoms with Crippen LogP contribution in [0, 0.1) is 6.92 Å². The van der Waals surface area contributed by atoms with E-state index >= 15 is 0 Å². The van der Waals surface area contributed by atoms with Gasteiger partial charge in [-0.2, -0.15) is 0 Å². The van der Waals surface area contributed by atoms with Crippen LogP contribution in [0.1, 0.15) is 42.9 Å². The zero-order valence-electron chi connectivity index (χ0n) is 18.7. The molecule has 2 amide bonds. The molecule has 8 nitrogen and oxygen atoms in total. The van der Waals surface area contributed by atoms with Gasteiger partial charge in [-0.05, 0) is 61.9 Å². The van der Waals surface area contributed by atoms with Gasteiger partial charge in [0.25, 0.3) is 11.8 Å². The number of anilines is 2. The molecule has 2 N–H and O–H groups in total. The molecule has 0 bridgehead atoms. The fourth-order valence-corrected chi connectivity index (χ4v) is 4.18. The van der Waals surface area contributed by atoms with Gasteiger partial charge in [-0.25, -0.2) is 4.79 Å². The van der Waals surface area contributed by atoms with Gasteiger partial charge >= 0.3 is 5.97 Å². The number of amides is 2. The number of hydrogen-bond donors (Lipinski definition) is 2. The predicted octanol–water partition coefficient (Wildman–Crippen LogP) is 4.76. The van der Waals surface area contributed by atoms with Crippen molar-refractivity contribution < 1.29 is 28.6 Å². The van der Waals surface area contributed by atoms with Gasteiger partial charge in [0, 0.05) is 11.3 Å². The highest BCUT2D eigenvalue weighted by Crippen LogP contribution is 2.35. The van der Waals surface area contributed by atoms with Crippen LogP contribution in [-0.4, -0.2) is 38.6 Å². The van der Waals surface area contributed by atoms with Crippen LogP contribution in [-0.2, 0) is 4.74 Å². The lowest BCUT2D eigenvalue weighted by molar-refractivity contribution is 0.0601. The van der Waals surface area contributed by atoms with Crippen molar-refractivity contribution in [2.24, 2.45) is 0 Å². The largest absolute Gasteiger partial charge is 0.497 e. The van der Waals surface area contributed by atoms with E-state index in [4.69, 9.17) is 14.2 Å². The lowest BCUT2D eigenvalue weighted by Crippen LogP contribution is -2.14. The summed E-state index contributed by atoms with van der Waals surface area (Å²) in [5.41, 5.74) is 1.46. The molecule has 0 saturated carbocycles. The van der Waals surface area contributed by atoms with E-state index in [1.165, 1.54) is 14.2 Å². The van der Waals surface area contributed by atoms with Gasteiger partial charge in [-0.3, -0.25) is 9.59 Å². The van der Waals surface area contributed by atoms with Crippen molar-refractivity contribution in [3.63, 3.8) is 0 Å². The van der Waals surface area contributed by atoms with Crippen molar-refractivity contribution in [3.8, 4) is 11.5 Å². The maximum atomic E-state index is 12.9. The molecule has 0 aliphatic carbocycles. The first-order valence-corrected chi connectivity index (χ1v) is 10.9. The standard InChI is InChI=1S/C24H24N2O6S/c1-5-32-17-11-9-16(10-12-17)25-22(28)20-14(2)19(24(29)31-4)23(33-20)26-21(27)15-7-6-8-18(13-15)30-3/h6-13H,5H2,1-4H3,(H,25,28)(H,26,27). The molecular formula is C24H24N2O6S. The molecule has 0 radical (unpaired) electrons. The molecular weight excluding hydrogens is 444 g/mol. The summed E-state index contributed by atoms with van der Waals surface area (Å²) in [6.45, 7) is 4.07. The fraction of sp³-hybridized carbons (Fsp3) is 0.208. The fourth-order valence-electron chi connectivity index (χ4n) is 3.09. The van der Waals surface area contributed by atoms with Crippen LogP contribution in [0.4, 0.5) is 10.7 Å². The van der Waals surface area contributed by atoms with Gasteiger partial charge in [0.15, 0.2) is 0 Å². The van der Waals surface area contributed by atoms with E-state index in [9.17, 15) is 14.4 Å². The van der Waals surface area contributed by atoms with E-state index in [1.807, 2.05) is 6.92 Å². The van der Waals surface area contributed by atoms with Crippen LogP contribution < -0.4 is 20.1 Å². The minimum absolute atomic E-state index is 0.135. The van der Waals surface area contributed by atoms with E-state index in [0.717, 1.165) is 11.3 Å². The first-order valence-electron chi connectivity index (χ1n) is 10.1. The van der Waals surface area contributed by atoms with Crippen LogP contribution in [0.2, 0.25) is 0 Å². The number of methoxy groups -OCH3 is 2. The first-order chi connectivity index (χ1) is 15.9. The first kappa shape index (κ1) is 23.8. The SMILES string of the molecule is CCOc1ccc(NC(=O)c2sc(NC(=O)c3cccc(OC)c3)c(C(=O)OC)c2C)cc1. The van der Waals surface area contributed by atoms with Gasteiger partial charge < -0.3 is 24.8 Å². The second kappa shape index (κ2) is 10.6. The Morgan fingerprint density at radius 3 is 2.30 bits per heavy atom. The Morgan fingerprint density at radius 1 is 0.939 bits per heavy atom. The van der Waals surface area contributed by atoms with Gasteiger partial charge in [-0.1, -0.05) is 6.07 Å². The average molecular weight is 469 g/mol. The van der Waals surface area contributed by atoms with Gasteiger partial charge in [0.2, 0.25) is 0 Å². The molecule has 3 rings (SSSR count). The van der Waals surface area contributed by atoms with Crippen molar-refractivity contribution in [2.45, 2.75) is 13.8 Å². The number of nitrogens with one attached hydrogen (secondary N) is 2. The summed E-state index contributed by atoms with van der Waals surface area (Å²) in [4.78, 5) is 38.5. The van der Waals surface area contributed by atoms with Crippen molar-refractivity contribution in [1.82, 2.24) is 0 Å². The third-order valence-corrected chi connectivity index (χ3v) is 5.93. The number of ether oxygens (including phenoxy) is 3. The Balaban J connectivity index is 1.88. The van der Waals surface area contributed by atoms with Gasteiger partial charge in [0.1, 0.15) is 16.5 Å². The monoisotopic (exact) mass is 468 g/mol. The minimum atomic E-state index is -0.648. The second-order valence-electron chi connectivity index (χ2n) is 6.85. The van der Waals surface area contributed by atoms with Crippen LogP contribution >= 0.6 is 11.3 Å². The Morgan fingerprint density at radius 2 is 1.67 bits per heavy atom. The Labute approximate surface area is 195 Å². The molecule has 1 heterocycles. The highest BCUT2D eigenvalue weighted by Gasteiger charge is 2.26. The van der Waals surface area contributed by atoms with E-state index in [0.29, 0.717) is 34.9 Å². The second-order valence-corrected chi connectivity index (χ2v) is 7.87. The molecule has 172 valence electrons. The smallest absolute Gasteiger partial charge is 0.341 e. The normalized spacial score (nSPS) is 10.3. The molecule has 0 unspecified atom stereocenters. The number of hydrogen-bond acceptors (Lipinski definition) is 7. The number of thiophene rings is 1. The zero-order valence-corrected chi connectivity index (χ0v) is 19.5.